The van der Waals surface area contributed by atoms with E-state index in [4.69, 9.17) is 0 Å². The molecule has 0 saturated heterocycles. The van der Waals surface area contributed by atoms with Crippen molar-refractivity contribution in [3.05, 3.63) is 79.1 Å². The fourth-order valence-electron chi connectivity index (χ4n) is 2.84. The minimum Gasteiger partial charge on any atom is -0.330 e. The van der Waals surface area contributed by atoms with Crippen molar-refractivity contribution in [1.82, 2.24) is 24.5 Å². The van der Waals surface area contributed by atoms with Gasteiger partial charge in [0.25, 0.3) is 0 Å². The quantitative estimate of drug-likeness (QED) is 0.595. The smallest absolute Gasteiger partial charge is 0.330 e. The molecule has 2 aromatic heterocycles. The Morgan fingerprint density at radius 2 is 2.00 bits per heavy atom. The highest BCUT2D eigenvalue weighted by Gasteiger charge is 2.11. The molecular weight excluding hydrogens is 328 g/mol. The summed E-state index contributed by atoms with van der Waals surface area (Å²) in [5.74, 6) is 0. The standard InChI is InChI=1S/C19H18N6O/c1-14(15-5-4-6-16(11-15)24-10-9-20-12-24)22-19(26)23-25-13-21-17-7-2-3-8-18(17)25/h2-14H,1H3,(H2,22,23,26)/t14-/m0/s1. The predicted molar refractivity (Wildman–Crippen MR) is 99.6 cm³/mol. The molecule has 0 saturated carbocycles. The summed E-state index contributed by atoms with van der Waals surface area (Å²) in [6.07, 6.45) is 6.95. The Balaban J connectivity index is 1.47. The Hall–Kier alpha value is -3.61. The molecule has 0 bridgehead atoms. The van der Waals surface area contributed by atoms with Crippen LogP contribution in [0.4, 0.5) is 4.79 Å². The molecule has 0 spiro atoms. The number of hydrogen-bond acceptors (Lipinski definition) is 3. The molecular formula is C19H18N6O. The maximum absolute atomic E-state index is 12.4. The van der Waals surface area contributed by atoms with Gasteiger partial charge in [0, 0.05) is 18.1 Å². The van der Waals surface area contributed by atoms with E-state index in [0.29, 0.717) is 0 Å². The van der Waals surface area contributed by atoms with E-state index in [0.717, 1.165) is 22.3 Å². The third kappa shape index (κ3) is 3.14. The average molecular weight is 346 g/mol. The summed E-state index contributed by atoms with van der Waals surface area (Å²) in [6.45, 7) is 1.94. The van der Waals surface area contributed by atoms with Gasteiger partial charge in [0.05, 0.1) is 23.4 Å². The second-order valence-corrected chi connectivity index (χ2v) is 5.98. The highest BCUT2D eigenvalue weighted by molar-refractivity contribution is 5.85. The van der Waals surface area contributed by atoms with Crippen molar-refractivity contribution in [2.24, 2.45) is 0 Å². The molecule has 7 nitrogen and oxygen atoms in total. The minimum atomic E-state index is -0.298. The topological polar surface area (TPSA) is 76.8 Å². The van der Waals surface area contributed by atoms with E-state index in [1.54, 1.807) is 23.5 Å². The van der Waals surface area contributed by atoms with Crippen LogP contribution >= 0.6 is 0 Å². The van der Waals surface area contributed by atoms with Gasteiger partial charge in [-0.05, 0) is 36.8 Å². The van der Waals surface area contributed by atoms with Crippen molar-refractivity contribution in [2.45, 2.75) is 13.0 Å². The van der Waals surface area contributed by atoms with E-state index in [1.807, 2.05) is 66.2 Å². The lowest BCUT2D eigenvalue weighted by Gasteiger charge is -2.16. The molecule has 26 heavy (non-hydrogen) atoms. The first-order chi connectivity index (χ1) is 12.7. The Morgan fingerprint density at radius 1 is 1.12 bits per heavy atom. The first-order valence-electron chi connectivity index (χ1n) is 8.28. The molecule has 130 valence electrons. The highest BCUT2D eigenvalue weighted by Crippen LogP contribution is 2.17. The zero-order valence-electron chi connectivity index (χ0n) is 14.2. The molecule has 4 rings (SSSR count). The molecule has 2 heterocycles. The Bertz CT molecular complexity index is 1040. The van der Waals surface area contributed by atoms with Gasteiger partial charge in [-0.2, -0.15) is 0 Å². The van der Waals surface area contributed by atoms with Gasteiger partial charge in [-0.25, -0.2) is 24.9 Å². The fourth-order valence-corrected chi connectivity index (χ4v) is 2.84. The number of nitrogens with zero attached hydrogens (tertiary/aromatic N) is 4. The van der Waals surface area contributed by atoms with Crippen LogP contribution in [0.3, 0.4) is 0 Å². The minimum absolute atomic E-state index is 0.159. The normalized spacial score (nSPS) is 12.0. The monoisotopic (exact) mass is 346 g/mol. The van der Waals surface area contributed by atoms with Gasteiger partial charge >= 0.3 is 6.03 Å². The number of urea groups is 1. The molecule has 4 aromatic rings. The number of amides is 2. The van der Waals surface area contributed by atoms with Crippen LogP contribution in [0.15, 0.2) is 73.6 Å². The summed E-state index contributed by atoms with van der Waals surface area (Å²) >= 11 is 0. The Morgan fingerprint density at radius 3 is 2.85 bits per heavy atom. The van der Waals surface area contributed by atoms with E-state index in [2.05, 4.69) is 20.7 Å². The molecule has 1 atom stereocenters. The van der Waals surface area contributed by atoms with Gasteiger partial charge in [-0.3, -0.25) is 0 Å². The van der Waals surface area contributed by atoms with Gasteiger partial charge in [0.1, 0.15) is 6.33 Å². The average Bonchev–Trinajstić information content (AvgIpc) is 3.32. The van der Waals surface area contributed by atoms with E-state index in [9.17, 15) is 4.79 Å². The lowest BCUT2D eigenvalue weighted by Crippen LogP contribution is -2.35. The zero-order chi connectivity index (χ0) is 17.9. The van der Waals surface area contributed by atoms with E-state index < -0.39 is 0 Å². The van der Waals surface area contributed by atoms with Crippen molar-refractivity contribution >= 4 is 17.1 Å². The van der Waals surface area contributed by atoms with Gasteiger partial charge < -0.3 is 9.88 Å². The summed E-state index contributed by atoms with van der Waals surface area (Å²) in [4.78, 5) is 20.7. The SMILES string of the molecule is C[C@H](NC(=O)Nn1cnc2ccccc21)c1cccc(-n2ccnc2)c1. The number of benzene rings is 2. The molecule has 2 aromatic carbocycles. The molecule has 2 amide bonds. The van der Waals surface area contributed by atoms with Crippen molar-refractivity contribution in [1.29, 1.82) is 0 Å². The number of aromatic nitrogens is 4. The maximum atomic E-state index is 12.4. The molecule has 2 N–H and O–H groups in total. The van der Waals surface area contributed by atoms with Crippen molar-refractivity contribution < 1.29 is 4.79 Å². The van der Waals surface area contributed by atoms with Gasteiger partial charge in [-0.1, -0.05) is 24.3 Å². The fraction of sp³-hybridized carbons (Fsp3) is 0.105. The van der Waals surface area contributed by atoms with Gasteiger partial charge in [0.2, 0.25) is 0 Å². The number of carbonyl (C=O) groups is 1. The van der Waals surface area contributed by atoms with Crippen LogP contribution in [0, 0.1) is 0 Å². The highest BCUT2D eigenvalue weighted by atomic mass is 16.2. The largest absolute Gasteiger partial charge is 0.334 e. The predicted octanol–water partition coefficient (Wildman–Crippen LogP) is 3.24. The summed E-state index contributed by atoms with van der Waals surface area (Å²) in [5, 5.41) is 2.95. The van der Waals surface area contributed by atoms with Crippen LogP contribution in [0.1, 0.15) is 18.5 Å². The van der Waals surface area contributed by atoms with Crippen LogP contribution in [-0.4, -0.2) is 25.2 Å². The molecule has 7 heteroatoms. The van der Waals surface area contributed by atoms with Crippen LogP contribution in [0.5, 0.6) is 0 Å². The van der Waals surface area contributed by atoms with E-state index >= 15 is 0 Å². The number of hydrogen-bond donors (Lipinski definition) is 2. The van der Waals surface area contributed by atoms with Crippen molar-refractivity contribution in [3.63, 3.8) is 0 Å². The van der Waals surface area contributed by atoms with Crippen LogP contribution in [0.25, 0.3) is 16.7 Å². The first-order valence-corrected chi connectivity index (χ1v) is 8.28. The lowest BCUT2D eigenvalue weighted by molar-refractivity contribution is 0.247. The Labute approximate surface area is 150 Å². The number of carbonyl (C=O) groups excluding carboxylic acids is 1. The lowest BCUT2D eigenvalue weighted by atomic mass is 10.1. The van der Waals surface area contributed by atoms with Crippen molar-refractivity contribution in [3.8, 4) is 5.69 Å². The number of para-hydroxylation sites is 2. The molecule has 0 aliphatic heterocycles. The third-order valence-corrected chi connectivity index (χ3v) is 4.20. The molecule has 0 fully saturated rings. The van der Waals surface area contributed by atoms with Gasteiger partial charge in [0.15, 0.2) is 0 Å². The van der Waals surface area contributed by atoms with Crippen molar-refractivity contribution in [2.75, 3.05) is 5.43 Å². The van der Waals surface area contributed by atoms with Crippen LogP contribution in [-0.2, 0) is 0 Å². The number of rotatable bonds is 4. The number of imidazole rings is 2. The number of nitrogens with one attached hydrogen (secondary N) is 2. The summed E-state index contributed by atoms with van der Waals surface area (Å²) < 4.78 is 3.53. The first kappa shape index (κ1) is 15.9. The maximum Gasteiger partial charge on any atom is 0.334 e. The molecule has 0 unspecified atom stereocenters. The third-order valence-electron chi connectivity index (χ3n) is 4.20. The molecule has 0 aliphatic carbocycles. The van der Waals surface area contributed by atoms with E-state index in [1.165, 1.54) is 0 Å². The zero-order valence-corrected chi connectivity index (χ0v) is 14.2. The van der Waals surface area contributed by atoms with E-state index in [-0.39, 0.29) is 12.1 Å². The summed E-state index contributed by atoms with van der Waals surface area (Å²) in [5.41, 5.74) is 6.47. The summed E-state index contributed by atoms with van der Waals surface area (Å²) in [7, 11) is 0. The second-order valence-electron chi connectivity index (χ2n) is 5.98. The van der Waals surface area contributed by atoms with Gasteiger partial charge in [-0.15, -0.1) is 0 Å². The summed E-state index contributed by atoms with van der Waals surface area (Å²) in [6, 6.07) is 15.1. The van der Waals surface area contributed by atoms with Crippen LogP contribution < -0.4 is 10.7 Å². The molecule has 0 aliphatic rings. The molecule has 0 radical (unpaired) electrons. The van der Waals surface area contributed by atoms with Crippen LogP contribution in [0.2, 0.25) is 0 Å². The Kier molecular flexibility index (Phi) is 4.10. The number of fused-ring (bicyclic) bond motifs is 1. The second kappa shape index (κ2) is 6.72.